The molecule has 1 fully saturated rings. The molecular weight excluding hydrogens is 366 g/mol. The molecule has 0 radical (unpaired) electrons. The molecule has 0 aliphatic heterocycles. The van der Waals surface area contributed by atoms with Crippen LogP contribution >= 0.6 is 0 Å². The normalized spacial score (nSPS) is 14.0. The number of benzene rings is 2. The Balaban J connectivity index is 1.43. The van der Waals surface area contributed by atoms with Gasteiger partial charge in [-0.2, -0.15) is 5.10 Å². The molecule has 0 saturated heterocycles. The molecule has 2 aromatic carbocycles. The first-order valence-electron chi connectivity index (χ1n) is 9.94. The Hall–Kier alpha value is -3.28. The number of rotatable bonds is 7. The molecule has 4 rings (SSSR count). The van der Waals surface area contributed by atoms with Gasteiger partial charge in [-0.15, -0.1) is 0 Å². The van der Waals surface area contributed by atoms with E-state index < -0.39 is 0 Å². The van der Waals surface area contributed by atoms with Crippen LogP contribution in [0.3, 0.4) is 0 Å². The summed E-state index contributed by atoms with van der Waals surface area (Å²) in [5.41, 5.74) is 2.37. The topological polar surface area (TPSA) is 65.4 Å². The van der Waals surface area contributed by atoms with Crippen LogP contribution in [-0.4, -0.2) is 28.9 Å². The zero-order valence-corrected chi connectivity index (χ0v) is 16.5. The predicted molar refractivity (Wildman–Crippen MR) is 112 cm³/mol. The van der Waals surface area contributed by atoms with Crippen LogP contribution in [0, 0.1) is 0 Å². The molecule has 1 aromatic heterocycles. The second kappa shape index (κ2) is 8.82. The van der Waals surface area contributed by atoms with Crippen LogP contribution < -0.4 is 14.8 Å². The van der Waals surface area contributed by atoms with E-state index in [9.17, 15) is 4.79 Å². The minimum atomic E-state index is -0.160. The van der Waals surface area contributed by atoms with E-state index in [1.807, 2.05) is 59.4 Å². The van der Waals surface area contributed by atoms with Crippen molar-refractivity contribution < 1.29 is 14.3 Å². The van der Waals surface area contributed by atoms with E-state index in [0.29, 0.717) is 29.3 Å². The van der Waals surface area contributed by atoms with Gasteiger partial charge >= 0.3 is 0 Å². The number of hydrogen-bond acceptors (Lipinski definition) is 4. The molecule has 1 heterocycles. The summed E-state index contributed by atoms with van der Waals surface area (Å²) in [5, 5.41) is 7.15. The third-order valence-corrected chi connectivity index (χ3v) is 5.14. The Bertz CT molecular complexity index is 946. The molecule has 150 valence electrons. The molecule has 29 heavy (non-hydrogen) atoms. The molecule has 3 aromatic rings. The SMILES string of the molecule is COc1ccc(NC(=O)c2ccc(Cn3cccn3)cc2)cc1OC1CCCC1. The van der Waals surface area contributed by atoms with Crippen LogP contribution in [0.5, 0.6) is 11.5 Å². The molecule has 6 nitrogen and oxygen atoms in total. The zero-order chi connectivity index (χ0) is 20.1. The molecule has 0 atom stereocenters. The van der Waals surface area contributed by atoms with E-state index >= 15 is 0 Å². The van der Waals surface area contributed by atoms with E-state index in [4.69, 9.17) is 9.47 Å². The largest absolute Gasteiger partial charge is 0.493 e. The van der Waals surface area contributed by atoms with Gasteiger partial charge in [-0.1, -0.05) is 12.1 Å². The highest BCUT2D eigenvalue weighted by Crippen LogP contribution is 2.34. The molecular formula is C23H25N3O3. The Labute approximate surface area is 170 Å². The quantitative estimate of drug-likeness (QED) is 0.643. The molecule has 1 aliphatic rings. The first-order valence-corrected chi connectivity index (χ1v) is 9.94. The van der Waals surface area contributed by atoms with Crippen LogP contribution in [0.2, 0.25) is 0 Å². The van der Waals surface area contributed by atoms with Crippen molar-refractivity contribution in [3.05, 3.63) is 72.1 Å². The summed E-state index contributed by atoms with van der Waals surface area (Å²) in [5.74, 6) is 1.19. The summed E-state index contributed by atoms with van der Waals surface area (Å²) in [6.07, 6.45) is 8.39. The highest BCUT2D eigenvalue weighted by molar-refractivity contribution is 6.04. The number of nitrogens with zero attached hydrogens (tertiary/aromatic N) is 2. The van der Waals surface area contributed by atoms with Crippen molar-refractivity contribution in [2.24, 2.45) is 0 Å². The average molecular weight is 391 g/mol. The fourth-order valence-electron chi connectivity index (χ4n) is 3.58. The van der Waals surface area contributed by atoms with Gasteiger partial charge in [-0.25, -0.2) is 0 Å². The molecule has 6 heteroatoms. The van der Waals surface area contributed by atoms with Crippen molar-refractivity contribution in [1.82, 2.24) is 9.78 Å². The van der Waals surface area contributed by atoms with Crippen LogP contribution in [0.1, 0.15) is 41.6 Å². The molecule has 0 bridgehead atoms. The molecule has 1 saturated carbocycles. The van der Waals surface area contributed by atoms with Gasteiger partial charge in [-0.3, -0.25) is 9.48 Å². The Morgan fingerprint density at radius 3 is 2.62 bits per heavy atom. The number of carbonyl (C=O) groups excluding carboxylic acids is 1. The van der Waals surface area contributed by atoms with E-state index in [1.54, 1.807) is 13.3 Å². The Morgan fingerprint density at radius 1 is 1.14 bits per heavy atom. The molecule has 1 N–H and O–H groups in total. The lowest BCUT2D eigenvalue weighted by Gasteiger charge is -2.17. The highest BCUT2D eigenvalue weighted by Gasteiger charge is 2.19. The van der Waals surface area contributed by atoms with Gasteiger partial charge in [-0.05, 0) is 61.6 Å². The first kappa shape index (κ1) is 19.1. The molecule has 0 unspecified atom stereocenters. The van der Waals surface area contributed by atoms with Crippen LogP contribution in [0.4, 0.5) is 5.69 Å². The maximum atomic E-state index is 12.7. The van der Waals surface area contributed by atoms with Crippen molar-refractivity contribution in [2.75, 3.05) is 12.4 Å². The minimum Gasteiger partial charge on any atom is -0.493 e. The zero-order valence-electron chi connectivity index (χ0n) is 16.5. The lowest BCUT2D eigenvalue weighted by atomic mass is 10.1. The van der Waals surface area contributed by atoms with E-state index in [2.05, 4.69) is 10.4 Å². The number of ether oxygens (including phenoxy) is 2. The van der Waals surface area contributed by atoms with Gasteiger partial charge < -0.3 is 14.8 Å². The van der Waals surface area contributed by atoms with E-state index in [0.717, 1.165) is 18.4 Å². The van der Waals surface area contributed by atoms with Crippen molar-refractivity contribution in [2.45, 2.75) is 38.3 Å². The summed E-state index contributed by atoms with van der Waals surface area (Å²) in [6.45, 7) is 0.676. The van der Waals surface area contributed by atoms with Crippen LogP contribution in [0.25, 0.3) is 0 Å². The Kier molecular flexibility index (Phi) is 5.79. The second-order valence-electron chi connectivity index (χ2n) is 7.24. The number of amides is 1. The van der Waals surface area contributed by atoms with Gasteiger partial charge in [0.15, 0.2) is 11.5 Å². The number of aromatic nitrogens is 2. The van der Waals surface area contributed by atoms with Crippen molar-refractivity contribution in [3.63, 3.8) is 0 Å². The lowest BCUT2D eigenvalue weighted by molar-refractivity contribution is 0.102. The number of carbonyl (C=O) groups is 1. The maximum Gasteiger partial charge on any atom is 0.255 e. The molecule has 1 aliphatic carbocycles. The number of methoxy groups -OCH3 is 1. The number of anilines is 1. The van der Waals surface area contributed by atoms with Crippen molar-refractivity contribution >= 4 is 11.6 Å². The lowest BCUT2D eigenvalue weighted by Crippen LogP contribution is -2.14. The predicted octanol–water partition coefficient (Wildman–Crippen LogP) is 4.51. The average Bonchev–Trinajstić information content (AvgIpc) is 3.43. The van der Waals surface area contributed by atoms with Crippen LogP contribution in [0.15, 0.2) is 60.9 Å². The number of hydrogen-bond donors (Lipinski definition) is 1. The fourth-order valence-corrected chi connectivity index (χ4v) is 3.58. The van der Waals surface area contributed by atoms with Gasteiger partial charge in [0, 0.05) is 29.7 Å². The van der Waals surface area contributed by atoms with Crippen LogP contribution in [-0.2, 0) is 6.54 Å². The van der Waals surface area contributed by atoms with E-state index in [-0.39, 0.29) is 12.0 Å². The summed E-state index contributed by atoms with van der Waals surface area (Å²) in [6, 6.07) is 14.9. The third kappa shape index (κ3) is 4.77. The highest BCUT2D eigenvalue weighted by atomic mass is 16.5. The summed E-state index contributed by atoms with van der Waals surface area (Å²) in [4.78, 5) is 12.7. The standard InChI is InChI=1S/C23H25N3O3/c1-28-21-12-11-19(15-22(21)29-20-5-2-3-6-20)25-23(27)18-9-7-17(8-10-18)16-26-14-4-13-24-26/h4,7-15,20H,2-3,5-6,16H2,1H3,(H,25,27). The van der Waals surface area contributed by atoms with Crippen molar-refractivity contribution in [3.8, 4) is 11.5 Å². The molecule has 1 amide bonds. The summed E-state index contributed by atoms with van der Waals surface area (Å²) in [7, 11) is 1.62. The maximum absolute atomic E-state index is 12.7. The monoisotopic (exact) mass is 391 g/mol. The minimum absolute atomic E-state index is 0.160. The second-order valence-corrected chi connectivity index (χ2v) is 7.24. The summed E-state index contributed by atoms with van der Waals surface area (Å²) >= 11 is 0. The van der Waals surface area contributed by atoms with E-state index in [1.165, 1.54) is 12.8 Å². The molecule has 0 spiro atoms. The van der Waals surface area contributed by atoms with Gasteiger partial charge in [0.05, 0.1) is 19.8 Å². The Morgan fingerprint density at radius 2 is 1.93 bits per heavy atom. The summed E-state index contributed by atoms with van der Waals surface area (Å²) < 4.78 is 13.4. The fraction of sp³-hybridized carbons (Fsp3) is 0.304. The van der Waals surface area contributed by atoms with Crippen molar-refractivity contribution in [1.29, 1.82) is 0 Å². The third-order valence-electron chi connectivity index (χ3n) is 5.14. The van der Waals surface area contributed by atoms with Gasteiger partial charge in [0.25, 0.3) is 5.91 Å². The van der Waals surface area contributed by atoms with Gasteiger partial charge in [0.2, 0.25) is 0 Å². The first-order chi connectivity index (χ1) is 14.2. The van der Waals surface area contributed by atoms with Gasteiger partial charge in [0.1, 0.15) is 0 Å². The number of nitrogens with one attached hydrogen (secondary N) is 1. The smallest absolute Gasteiger partial charge is 0.255 e.